The number of carbonyl (C=O) groups excluding carboxylic acids is 3. The van der Waals surface area contributed by atoms with Gasteiger partial charge in [-0.05, 0) is 32.1 Å². The Morgan fingerprint density at radius 1 is 1.40 bits per heavy atom. The van der Waals surface area contributed by atoms with Gasteiger partial charge in [0.05, 0.1) is 18.2 Å². The molecule has 3 atom stereocenters. The summed E-state index contributed by atoms with van der Waals surface area (Å²) in [6, 6.07) is 0. The second-order valence-electron chi connectivity index (χ2n) is 8.06. The van der Waals surface area contributed by atoms with Crippen LogP contribution in [0.5, 0.6) is 0 Å². The molecule has 0 N–H and O–H groups in total. The van der Waals surface area contributed by atoms with Crippen LogP contribution in [0.4, 0.5) is 0 Å². The molecule has 6 nitrogen and oxygen atoms in total. The summed E-state index contributed by atoms with van der Waals surface area (Å²) >= 11 is 0. The lowest BCUT2D eigenvalue weighted by atomic mass is 9.49. The van der Waals surface area contributed by atoms with E-state index in [1.54, 1.807) is 18.7 Å². The maximum absolute atomic E-state index is 12.7. The highest BCUT2D eigenvalue weighted by molar-refractivity contribution is 5.98. The van der Waals surface area contributed by atoms with Crippen molar-refractivity contribution in [2.45, 2.75) is 52.4 Å². The molecular formula is C19H26N2O4. The summed E-state index contributed by atoms with van der Waals surface area (Å²) < 4.78 is 6.79. The topological polar surface area (TPSA) is 78.3 Å². The summed E-state index contributed by atoms with van der Waals surface area (Å²) in [6.07, 6.45) is 2.72. The Bertz CT molecular complexity index is 749. The van der Waals surface area contributed by atoms with Crippen LogP contribution in [0.25, 0.3) is 0 Å². The smallest absolute Gasteiger partial charge is 0.356 e. The predicted molar refractivity (Wildman–Crippen MR) is 91.3 cm³/mol. The Hall–Kier alpha value is -1.98. The van der Waals surface area contributed by atoms with Crippen molar-refractivity contribution in [1.82, 2.24) is 9.78 Å². The lowest BCUT2D eigenvalue weighted by Gasteiger charge is -2.53. The molecular weight excluding hydrogens is 320 g/mol. The summed E-state index contributed by atoms with van der Waals surface area (Å²) in [5.74, 6) is -0.856. The van der Waals surface area contributed by atoms with Crippen LogP contribution in [-0.2, 0) is 33.2 Å². The fraction of sp³-hybridized carbons (Fsp3) is 0.684. The number of aldehydes is 1. The van der Waals surface area contributed by atoms with Gasteiger partial charge in [-0.25, -0.2) is 4.79 Å². The zero-order valence-corrected chi connectivity index (χ0v) is 15.6. The molecule has 1 aromatic rings. The molecule has 1 fully saturated rings. The minimum Gasteiger partial charge on any atom is -0.461 e. The molecule has 1 heterocycles. The molecule has 3 rings (SSSR count). The average Bonchev–Trinajstić information content (AvgIpc) is 2.89. The van der Waals surface area contributed by atoms with E-state index in [1.165, 1.54) is 0 Å². The number of Topliss-reactive ketones (excluding diaryl/α,β-unsaturated/α-hetero) is 1. The van der Waals surface area contributed by atoms with Crippen LogP contribution in [0.1, 0.15) is 62.3 Å². The fourth-order valence-corrected chi connectivity index (χ4v) is 5.20. The molecule has 1 saturated carbocycles. The average molecular weight is 346 g/mol. The largest absolute Gasteiger partial charge is 0.461 e. The van der Waals surface area contributed by atoms with Crippen LogP contribution in [0, 0.1) is 17.3 Å². The van der Waals surface area contributed by atoms with E-state index in [0.717, 1.165) is 24.0 Å². The zero-order chi connectivity index (χ0) is 18.6. The molecule has 136 valence electrons. The molecule has 25 heavy (non-hydrogen) atoms. The third-order valence-corrected chi connectivity index (χ3v) is 6.26. The Balaban J connectivity index is 2.14. The van der Waals surface area contributed by atoms with Gasteiger partial charge in [-0.3, -0.25) is 9.48 Å². The highest BCUT2D eigenvalue weighted by Gasteiger charge is 2.58. The Morgan fingerprint density at radius 2 is 2.08 bits per heavy atom. The van der Waals surface area contributed by atoms with Gasteiger partial charge in [0.1, 0.15) is 17.8 Å². The summed E-state index contributed by atoms with van der Waals surface area (Å²) in [6.45, 7) is 8.06. The fourth-order valence-electron chi connectivity index (χ4n) is 5.20. The minimum atomic E-state index is -0.616. The molecule has 6 heteroatoms. The van der Waals surface area contributed by atoms with Gasteiger partial charge in [0.2, 0.25) is 0 Å². The second kappa shape index (κ2) is 5.78. The normalized spacial score (nSPS) is 30.4. The predicted octanol–water partition coefficient (Wildman–Crippen LogP) is 2.23. The number of fused-ring (bicyclic) bond motifs is 3. The van der Waals surface area contributed by atoms with Gasteiger partial charge in [-0.2, -0.15) is 5.10 Å². The van der Waals surface area contributed by atoms with Crippen molar-refractivity contribution in [3.8, 4) is 0 Å². The van der Waals surface area contributed by atoms with Crippen molar-refractivity contribution in [2.75, 3.05) is 6.61 Å². The van der Waals surface area contributed by atoms with Crippen molar-refractivity contribution < 1.29 is 19.1 Å². The van der Waals surface area contributed by atoms with Gasteiger partial charge in [0.15, 0.2) is 0 Å². The van der Waals surface area contributed by atoms with Crippen LogP contribution in [0.15, 0.2) is 0 Å². The molecule has 0 radical (unpaired) electrons. The van der Waals surface area contributed by atoms with E-state index in [1.807, 2.05) is 13.8 Å². The lowest BCUT2D eigenvalue weighted by Crippen LogP contribution is -2.56. The molecule has 0 amide bonds. The van der Waals surface area contributed by atoms with Gasteiger partial charge in [0.25, 0.3) is 0 Å². The molecule has 0 saturated heterocycles. The SMILES string of the molecule is CCOC(=O)c1c2c(nn1C)[C@@]1(C)CC(C=O)C(=O)C(C)(C)[C@@H]1CC2. The van der Waals surface area contributed by atoms with Gasteiger partial charge in [-0.15, -0.1) is 0 Å². The Morgan fingerprint density at radius 3 is 2.68 bits per heavy atom. The summed E-state index contributed by atoms with van der Waals surface area (Å²) in [7, 11) is 1.75. The first-order chi connectivity index (χ1) is 11.7. The summed E-state index contributed by atoms with van der Waals surface area (Å²) in [5, 5.41) is 4.66. The first kappa shape index (κ1) is 17.8. The van der Waals surface area contributed by atoms with Crippen molar-refractivity contribution in [3.63, 3.8) is 0 Å². The quantitative estimate of drug-likeness (QED) is 0.476. The van der Waals surface area contributed by atoms with E-state index in [4.69, 9.17) is 4.74 Å². The van der Waals surface area contributed by atoms with E-state index in [2.05, 4.69) is 12.0 Å². The number of hydrogen-bond donors (Lipinski definition) is 0. The number of nitrogens with zero attached hydrogens (tertiary/aromatic N) is 2. The maximum atomic E-state index is 12.7. The van der Waals surface area contributed by atoms with Crippen LogP contribution in [0.3, 0.4) is 0 Å². The molecule has 0 spiro atoms. The van der Waals surface area contributed by atoms with Crippen LogP contribution in [-0.4, -0.2) is 34.4 Å². The van der Waals surface area contributed by atoms with Gasteiger partial charge in [0, 0.05) is 23.4 Å². The number of aromatic nitrogens is 2. The first-order valence-electron chi connectivity index (χ1n) is 8.91. The summed E-state index contributed by atoms with van der Waals surface area (Å²) in [4.78, 5) is 36.6. The van der Waals surface area contributed by atoms with Crippen molar-refractivity contribution in [2.24, 2.45) is 24.3 Å². The molecule has 2 aliphatic carbocycles. The van der Waals surface area contributed by atoms with Crippen molar-refractivity contribution in [3.05, 3.63) is 17.0 Å². The maximum Gasteiger partial charge on any atom is 0.356 e. The van der Waals surface area contributed by atoms with Crippen LogP contribution >= 0.6 is 0 Å². The van der Waals surface area contributed by atoms with Gasteiger partial charge >= 0.3 is 5.97 Å². The highest BCUT2D eigenvalue weighted by Crippen LogP contribution is 2.56. The molecule has 1 aromatic heterocycles. The number of ether oxygens (including phenoxy) is 1. The van der Waals surface area contributed by atoms with E-state index in [9.17, 15) is 14.4 Å². The highest BCUT2D eigenvalue weighted by atomic mass is 16.5. The summed E-state index contributed by atoms with van der Waals surface area (Å²) in [5.41, 5.74) is 1.27. The van der Waals surface area contributed by atoms with E-state index in [0.29, 0.717) is 25.1 Å². The van der Waals surface area contributed by atoms with Gasteiger partial charge < -0.3 is 9.53 Å². The molecule has 1 unspecified atom stereocenters. The number of rotatable bonds is 3. The number of ketones is 1. The number of aryl methyl sites for hydroxylation is 1. The zero-order valence-electron chi connectivity index (χ0n) is 15.6. The lowest BCUT2D eigenvalue weighted by molar-refractivity contribution is -0.145. The molecule has 0 aromatic carbocycles. The van der Waals surface area contributed by atoms with Crippen molar-refractivity contribution >= 4 is 18.0 Å². The first-order valence-corrected chi connectivity index (χ1v) is 8.91. The van der Waals surface area contributed by atoms with E-state index >= 15 is 0 Å². The Labute approximate surface area is 147 Å². The van der Waals surface area contributed by atoms with Gasteiger partial charge in [-0.1, -0.05) is 20.8 Å². The molecule has 0 bridgehead atoms. The van der Waals surface area contributed by atoms with Crippen molar-refractivity contribution in [1.29, 1.82) is 0 Å². The van der Waals surface area contributed by atoms with Crippen LogP contribution < -0.4 is 0 Å². The number of esters is 1. The van der Waals surface area contributed by atoms with E-state index < -0.39 is 16.7 Å². The minimum absolute atomic E-state index is 0.0231. The number of carbonyl (C=O) groups is 3. The second-order valence-corrected chi connectivity index (χ2v) is 8.06. The third kappa shape index (κ3) is 2.37. The van der Waals surface area contributed by atoms with E-state index in [-0.39, 0.29) is 17.7 Å². The standard InChI is InChI=1S/C19H26N2O4/c1-6-25-17(24)14-12-7-8-13-18(2,3)16(23)11(10-22)9-19(13,4)15(12)20-21(14)5/h10-11,13H,6-9H2,1-5H3/t11?,13-,19-/m0/s1. The van der Waals surface area contributed by atoms with Crippen LogP contribution in [0.2, 0.25) is 0 Å². The molecule has 2 aliphatic rings. The third-order valence-electron chi connectivity index (χ3n) is 6.26. The monoisotopic (exact) mass is 346 g/mol. The number of hydrogen-bond acceptors (Lipinski definition) is 5. The Kier molecular flexibility index (Phi) is 4.12. The molecule has 0 aliphatic heterocycles.